The Morgan fingerprint density at radius 2 is 1.32 bits per heavy atom. The Morgan fingerprint density at radius 1 is 0.703 bits per heavy atom. The van der Waals surface area contributed by atoms with Crippen LogP contribution < -0.4 is 10.1 Å². The van der Waals surface area contributed by atoms with Gasteiger partial charge in [0, 0.05) is 50.7 Å². The summed E-state index contributed by atoms with van der Waals surface area (Å²) < 4.78 is 6.58. The van der Waals surface area contributed by atoms with E-state index in [9.17, 15) is 0 Å². The van der Waals surface area contributed by atoms with E-state index in [0.717, 1.165) is 57.9 Å². The molecule has 2 aliphatic rings. The fourth-order valence-electron chi connectivity index (χ4n) is 5.83. The highest BCUT2D eigenvalue weighted by atomic mass is 16.5. The van der Waals surface area contributed by atoms with Crippen LogP contribution in [0.4, 0.5) is 0 Å². The summed E-state index contributed by atoms with van der Waals surface area (Å²) in [6, 6.07) is 30.5. The number of ether oxygens (including phenoxy) is 1. The molecule has 0 aliphatic carbocycles. The van der Waals surface area contributed by atoms with Crippen molar-refractivity contribution in [3.8, 4) is 5.75 Å². The first-order valence-corrected chi connectivity index (χ1v) is 14.3. The molecule has 196 valence electrons. The predicted molar refractivity (Wildman–Crippen MR) is 153 cm³/mol. The number of benzene rings is 3. The van der Waals surface area contributed by atoms with Crippen LogP contribution in [0.3, 0.4) is 0 Å². The second kappa shape index (κ2) is 13.8. The monoisotopic (exact) mass is 497 g/mol. The molecule has 0 bridgehead atoms. The Labute approximate surface area is 223 Å². The van der Waals surface area contributed by atoms with E-state index in [-0.39, 0.29) is 6.10 Å². The molecule has 2 aliphatic heterocycles. The van der Waals surface area contributed by atoms with Crippen LogP contribution in [0.2, 0.25) is 0 Å². The molecule has 0 atom stereocenters. The third-order valence-corrected chi connectivity index (χ3v) is 8.01. The minimum absolute atomic E-state index is 0.289. The molecule has 5 rings (SSSR count). The average Bonchev–Trinajstić information content (AvgIpc) is 2.97. The van der Waals surface area contributed by atoms with Gasteiger partial charge in [-0.25, -0.2) is 0 Å². The van der Waals surface area contributed by atoms with Crippen LogP contribution in [-0.2, 0) is 6.54 Å². The third kappa shape index (κ3) is 7.67. The van der Waals surface area contributed by atoms with Crippen molar-refractivity contribution in [1.29, 1.82) is 0 Å². The van der Waals surface area contributed by atoms with Crippen molar-refractivity contribution in [3.63, 3.8) is 0 Å². The van der Waals surface area contributed by atoms with Crippen molar-refractivity contribution < 1.29 is 4.74 Å². The predicted octanol–water partition coefficient (Wildman–Crippen LogP) is 5.94. The first kappa shape index (κ1) is 26.0. The molecule has 0 saturated carbocycles. The summed E-state index contributed by atoms with van der Waals surface area (Å²) in [5.74, 6) is 1.45. The second-order valence-electron chi connectivity index (χ2n) is 10.7. The summed E-state index contributed by atoms with van der Waals surface area (Å²) in [5.41, 5.74) is 4.07. The number of nitrogens with zero attached hydrogens (tertiary/aromatic N) is 2. The largest absolute Gasteiger partial charge is 0.490 e. The van der Waals surface area contributed by atoms with Crippen molar-refractivity contribution >= 4 is 0 Å². The number of para-hydroxylation sites is 1. The van der Waals surface area contributed by atoms with E-state index in [1.807, 2.05) is 0 Å². The van der Waals surface area contributed by atoms with E-state index in [0.29, 0.717) is 5.92 Å². The zero-order valence-corrected chi connectivity index (χ0v) is 22.2. The molecule has 2 saturated heterocycles. The highest BCUT2D eigenvalue weighted by Crippen LogP contribution is 2.28. The second-order valence-corrected chi connectivity index (χ2v) is 10.7. The Morgan fingerprint density at radius 3 is 2.00 bits per heavy atom. The van der Waals surface area contributed by atoms with Crippen LogP contribution in [0.1, 0.15) is 54.7 Å². The Balaban J connectivity index is 1.11. The Hall–Kier alpha value is -2.66. The normalized spacial score (nSPS) is 17.8. The molecule has 0 radical (unpaired) electrons. The van der Waals surface area contributed by atoms with Gasteiger partial charge in [-0.3, -0.25) is 0 Å². The van der Waals surface area contributed by atoms with Crippen molar-refractivity contribution in [2.24, 2.45) is 0 Å². The minimum atomic E-state index is 0.289. The maximum atomic E-state index is 6.58. The molecule has 0 unspecified atom stereocenters. The van der Waals surface area contributed by atoms with Crippen molar-refractivity contribution in [3.05, 3.63) is 102 Å². The van der Waals surface area contributed by atoms with Gasteiger partial charge >= 0.3 is 0 Å². The van der Waals surface area contributed by atoms with Gasteiger partial charge in [-0.1, -0.05) is 85.3 Å². The topological polar surface area (TPSA) is 27.7 Å². The lowest BCUT2D eigenvalue weighted by Crippen LogP contribution is -2.40. The van der Waals surface area contributed by atoms with E-state index < -0.39 is 0 Å². The molecule has 2 fully saturated rings. The summed E-state index contributed by atoms with van der Waals surface area (Å²) in [5, 5.41) is 3.66. The molecule has 0 spiro atoms. The number of likely N-dealkylation sites (tertiary alicyclic amines) is 2. The smallest absolute Gasteiger partial charge is 0.124 e. The molecule has 4 nitrogen and oxygen atoms in total. The van der Waals surface area contributed by atoms with E-state index in [4.69, 9.17) is 4.74 Å². The highest BCUT2D eigenvalue weighted by Gasteiger charge is 2.25. The summed E-state index contributed by atoms with van der Waals surface area (Å²) in [7, 11) is 0. The lowest BCUT2D eigenvalue weighted by molar-refractivity contribution is 0.0979. The van der Waals surface area contributed by atoms with E-state index in [1.165, 1.54) is 49.0 Å². The lowest BCUT2D eigenvalue weighted by Gasteiger charge is -2.35. The van der Waals surface area contributed by atoms with Crippen LogP contribution in [0.5, 0.6) is 5.75 Å². The van der Waals surface area contributed by atoms with Gasteiger partial charge in [0.15, 0.2) is 0 Å². The molecule has 1 N–H and O–H groups in total. The molecule has 0 amide bonds. The third-order valence-electron chi connectivity index (χ3n) is 8.01. The van der Waals surface area contributed by atoms with Crippen LogP contribution in [-0.4, -0.2) is 61.7 Å². The van der Waals surface area contributed by atoms with Gasteiger partial charge in [0.1, 0.15) is 11.9 Å². The van der Waals surface area contributed by atoms with Gasteiger partial charge in [-0.15, -0.1) is 0 Å². The quantitative estimate of drug-likeness (QED) is 0.332. The van der Waals surface area contributed by atoms with E-state index in [2.05, 4.69) is 100 Å². The van der Waals surface area contributed by atoms with Gasteiger partial charge in [0.2, 0.25) is 0 Å². The molecule has 2 heterocycles. The van der Waals surface area contributed by atoms with Crippen LogP contribution >= 0.6 is 0 Å². The van der Waals surface area contributed by atoms with Gasteiger partial charge < -0.3 is 19.9 Å². The first-order valence-electron chi connectivity index (χ1n) is 14.3. The zero-order chi connectivity index (χ0) is 25.1. The van der Waals surface area contributed by atoms with Gasteiger partial charge in [0.05, 0.1) is 0 Å². The van der Waals surface area contributed by atoms with Crippen molar-refractivity contribution in [2.45, 2.75) is 50.7 Å². The molecule has 3 aromatic rings. The molecule has 0 aromatic heterocycles. The minimum Gasteiger partial charge on any atom is -0.490 e. The Kier molecular flexibility index (Phi) is 9.66. The molecular weight excluding hydrogens is 454 g/mol. The van der Waals surface area contributed by atoms with Gasteiger partial charge in [-0.05, 0) is 56.0 Å². The standard InChI is InChI=1S/C33H43N3O/c1-4-12-28(13-5-1)32(29-14-6-2-7-15-29)27-36-23-18-31(19-24-36)37-33-17-9-8-16-30(33)26-34-20-25-35-21-10-3-11-22-35/h1-2,4-9,12-17,31-32,34H,3,10-11,18-27H2. The average molecular weight is 498 g/mol. The summed E-state index contributed by atoms with van der Waals surface area (Å²) in [6.45, 7) is 8.80. The highest BCUT2D eigenvalue weighted by molar-refractivity contribution is 5.34. The summed E-state index contributed by atoms with van der Waals surface area (Å²) in [4.78, 5) is 5.21. The van der Waals surface area contributed by atoms with Gasteiger partial charge in [0.25, 0.3) is 0 Å². The number of hydrogen-bond donors (Lipinski definition) is 1. The maximum absolute atomic E-state index is 6.58. The number of nitrogens with one attached hydrogen (secondary N) is 1. The first-order chi connectivity index (χ1) is 18.3. The maximum Gasteiger partial charge on any atom is 0.124 e. The van der Waals surface area contributed by atoms with E-state index >= 15 is 0 Å². The summed E-state index contributed by atoms with van der Waals surface area (Å²) >= 11 is 0. The molecule has 3 aromatic carbocycles. The molecule has 37 heavy (non-hydrogen) atoms. The number of rotatable bonds is 11. The summed E-state index contributed by atoms with van der Waals surface area (Å²) in [6.07, 6.45) is 6.55. The zero-order valence-electron chi connectivity index (χ0n) is 22.2. The Bertz CT molecular complexity index is 1000. The van der Waals surface area contributed by atoms with Crippen molar-refractivity contribution in [2.75, 3.05) is 45.8 Å². The van der Waals surface area contributed by atoms with Crippen LogP contribution in [0, 0.1) is 0 Å². The van der Waals surface area contributed by atoms with Crippen molar-refractivity contribution in [1.82, 2.24) is 15.1 Å². The van der Waals surface area contributed by atoms with Gasteiger partial charge in [-0.2, -0.15) is 0 Å². The lowest BCUT2D eigenvalue weighted by atomic mass is 9.90. The molecular formula is C33H43N3O. The van der Waals surface area contributed by atoms with Crippen LogP contribution in [0.15, 0.2) is 84.9 Å². The fraction of sp³-hybridized carbons (Fsp3) is 0.455. The SMILES string of the molecule is c1ccc(C(CN2CCC(Oc3ccccc3CNCCN3CCCCC3)CC2)c2ccccc2)cc1. The number of hydrogen-bond acceptors (Lipinski definition) is 4. The fourth-order valence-corrected chi connectivity index (χ4v) is 5.83. The number of piperidine rings is 2. The molecule has 4 heteroatoms. The van der Waals surface area contributed by atoms with E-state index in [1.54, 1.807) is 0 Å². The van der Waals surface area contributed by atoms with Crippen LogP contribution in [0.25, 0.3) is 0 Å².